The fraction of sp³-hybridized carbons (Fsp3) is 0.591. The average Bonchev–Trinajstić information content (AvgIpc) is 2.68. The second kappa shape index (κ2) is 8.46. The molecule has 146 valence electrons. The summed E-state index contributed by atoms with van der Waals surface area (Å²) < 4.78 is 51.2. The summed E-state index contributed by atoms with van der Waals surface area (Å²) in [4.78, 5) is 0. The van der Waals surface area contributed by atoms with Gasteiger partial charge in [-0.1, -0.05) is 12.1 Å². The Morgan fingerprint density at radius 3 is 1.89 bits per heavy atom. The van der Waals surface area contributed by atoms with E-state index in [1.54, 1.807) is 18.2 Å². The Hall–Kier alpha value is -1.83. The van der Waals surface area contributed by atoms with Crippen molar-refractivity contribution in [2.75, 3.05) is 0 Å². The van der Waals surface area contributed by atoms with Crippen molar-refractivity contribution in [3.8, 4) is 6.07 Å². The molecule has 1 aromatic carbocycles. The van der Waals surface area contributed by atoms with Gasteiger partial charge in [0, 0.05) is 0 Å². The van der Waals surface area contributed by atoms with Crippen LogP contribution in [0.3, 0.4) is 0 Å². The summed E-state index contributed by atoms with van der Waals surface area (Å²) in [5.74, 6) is 1.20. The molecule has 0 aliphatic heterocycles. The van der Waals surface area contributed by atoms with Gasteiger partial charge in [0.25, 0.3) is 0 Å². The molecule has 1 nitrogen and oxygen atoms in total. The fourth-order valence-electron chi connectivity index (χ4n) is 4.90. The number of benzene rings is 1. The first-order chi connectivity index (χ1) is 12.9. The molecule has 27 heavy (non-hydrogen) atoms. The number of nitriles is 1. The van der Waals surface area contributed by atoms with Crippen LogP contribution in [0.1, 0.15) is 68.4 Å². The largest absolute Gasteiger partial charge is 0.416 e. The Bertz CT molecular complexity index is 683. The van der Waals surface area contributed by atoms with E-state index in [9.17, 15) is 17.6 Å². The van der Waals surface area contributed by atoms with Gasteiger partial charge in [0.15, 0.2) is 5.83 Å². The van der Waals surface area contributed by atoms with Crippen LogP contribution < -0.4 is 0 Å². The molecule has 2 saturated carbocycles. The molecule has 0 heterocycles. The molecule has 5 heteroatoms. The lowest BCUT2D eigenvalue weighted by Crippen LogP contribution is -2.25. The molecule has 0 unspecified atom stereocenters. The first-order valence-corrected chi connectivity index (χ1v) is 9.81. The molecule has 2 fully saturated rings. The van der Waals surface area contributed by atoms with Gasteiger partial charge in [0.05, 0.1) is 5.56 Å². The van der Waals surface area contributed by atoms with E-state index in [0.717, 1.165) is 56.9 Å². The van der Waals surface area contributed by atoms with E-state index in [-0.39, 0.29) is 5.92 Å². The smallest absolute Gasteiger partial charge is 0.195 e. The van der Waals surface area contributed by atoms with Gasteiger partial charge in [0.1, 0.15) is 6.07 Å². The number of alkyl halides is 3. The second-order valence-corrected chi connectivity index (χ2v) is 8.03. The summed E-state index contributed by atoms with van der Waals surface area (Å²) in [5, 5.41) is 8.55. The van der Waals surface area contributed by atoms with E-state index in [0.29, 0.717) is 17.8 Å². The number of nitrogens with zero attached hydrogens (tertiary/aromatic N) is 1. The molecule has 0 bridgehead atoms. The molecule has 0 N–H and O–H groups in total. The zero-order valence-electron chi connectivity index (χ0n) is 15.3. The molecule has 2 aliphatic rings. The molecular formula is C22H25F4N. The Labute approximate surface area is 158 Å². The van der Waals surface area contributed by atoms with Gasteiger partial charge in [0.2, 0.25) is 0 Å². The standard InChI is InChI=1S/C22H25F4N/c23-21(14-27)13-15-1-3-16(4-2-15)17-5-7-18(8-6-17)19-9-11-20(12-10-19)22(24,25)26/h9-13,15-18H,1-8H2/t15-,16-,17-,18-. The van der Waals surface area contributed by atoms with Crippen molar-refractivity contribution in [2.45, 2.75) is 63.5 Å². The van der Waals surface area contributed by atoms with Crippen molar-refractivity contribution >= 4 is 0 Å². The van der Waals surface area contributed by atoms with Crippen LogP contribution in [-0.4, -0.2) is 0 Å². The minimum atomic E-state index is -4.28. The summed E-state index contributed by atoms with van der Waals surface area (Å²) >= 11 is 0. The third kappa shape index (κ3) is 5.12. The van der Waals surface area contributed by atoms with E-state index >= 15 is 0 Å². The maximum atomic E-state index is 13.1. The van der Waals surface area contributed by atoms with Crippen LogP contribution >= 0.6 is 0 Å². The van der Waals surface area contributed by atoms with E-state index in [2.05, 4.69) is 0 Å². The van der Waals surface area contributed by atoms with Gasteiger partial charge >= 0.3 is 6.18 Å². The van der Waals surface area contributed by atoms with Gasteiger partial charge in [-0.3, -0.25) is 0 Å². The molecule has 0 aromatic heterocycles. The highest BCUT2D eigenvalue weighted by atomic mass is 19.4. The predicted molar refractivity (Wildman–Crippen MR) is 96.4 cm³/mol. The van der Waals surface area contributed by atoms with Crippen LogP contribution in [-0.2, 0) is 6.18 Å². The van der Waals surface area contributed by atoms with E-state index in [1.165, 1.54) is 18.2 Å². The van der Waals surface area contributed by atoms with Crippen LogP contribution in [0.15, 0.2) is 36.2 Å². The molecule has 0 spiro atoms. The number of hydrogen-bond acceptors (Lipinski definition) is 1. The number of allylic oxidation sites excluding steroid dienone is 2. The molecule has 0 amide bonds. The topological polar surface area (TPSA) is 23.8 Å². The van der Waals surface area contributed by atoms with E-state index in [1.807, 2.05) is 0 Å². The maximum absolute atomic E-state index is 13.1. The van der Waals surface area contributed by atoms with Crippen molar-refractivity contribution in [3.05, 3.63) is 47.3 Å². The third-order valence-electron chi connectivity index (χ3n) is 6.45. The molecule has 0 saturated heterocycles. The van der Waals surface area contributed by atoms with Gasteiger partial charge in [-0.05, 0) is 98.8 Å². The average molecular weight is 379 g/mol. The molecule has 2 aliphatic carbocycles. The molecular weight excluding hydrogens is 354 g/mol. The zero-order valence-corrected chi connectivity index (χ0v) is 15.3. The Balaban J connectivity index is 1.49. The van der Waals surface area contributed by atoms with Crippen LogP contribution in [0.25, 0.3) is 0 Å². The summed E-state index contributed by atoms with van der Waals surface area (Å²) in [6, 6.07) is 7.20. The van der Waals surface area contributed by atoms with Gasteiger partial charge in [-0.15, -0.1) is 0 Å². The van der Waals surface area contributed by atoms with Crippen LogP contribution in [0.5, 0.6) is 0 Å². The van der Waals surface area contributed by atoms with Crippen molar-refractivity contribution in [3.63, 3.8) is 0 Å². The highest BCUT2D eigenvalue weighted by Crippen LogP contribution is 2.44. The molecule has 0 radical (unpaired) electrons. The third-order valence-corrected chi connectivity index (χ3v) is 6.45. The fourth-order valence-corrected chi connectivity index (χ4v) is 4.90. The molecule has 3 rings (SSSR count). The van der Waals surface area contributed by atoms with Crippen LogP contribution in [0.4, 0.5) is 17.6 Å². The Morgan fingerprint density at radius 2 is 1.41 bits per heavy atom. The first kappa shape index (κ1) is 19.9. The van der Waals surface area contributed by atoms with E-state index in [4.69, 9.17) is 5.26 Å². The van der Waals surface area contributed by atoms with Gasteiger partial charge in [-0.25, -0.2) is 0 Å². The first-order valence-electron chi connectivity index (χ1n) is 9.81. The SMILES string of the molecule is N#CC(F)=C[C@H]1CC[C@H]([C@H]2CC[C@H](c3ccc(C(F)(F)F)cc3)CC2)CC1. The maximum Gasteiger partial charge on any atom is 0.416 e. The lowest BCUT2D eigenvalue weighted by molar-refractivity contribution is -0.137. The van der Waals surface area contributed by atoms with E-state index < -0.39 is 17.6 Å². The summed E-state index contributed by atoms with van der Waals surface area (Å²) in [6.45, 7) is 0. The van der Waals surface area contributed by atoms with Gasteiger partial charge in [-0.2, -0.15) is 22.8 Å². The van der Waals surface area contributed by atoms with Crippen LogP contribution in [0, 0.1) is 29.1 Å². The second-order valence-electron chi connectivity index (χ2n) is 8.03. The Kier molecular flexibility index (Phi) is 6.24. The highest BCUT2D eigenvalue weighted by Gasteiger charge is 2.32. The minimum absolute atomic E-state index is 0.185. The number of rotatable bonds is 3. The predicted octanol–water partition coefficient (Wildman–Crippen LogP) is 7.16. The Morgan fingerprint density at radius 1 is 0.889 bits per heavy atom. The highest BCUT2D eigenvalue weighted by molar-refractivity contribution is 5.27. The van der Waals surface area contributed by atoms with Crippen molar-refractivity contribution < 1.29 is 17.6 Å². The zero-order chi connectivity index (χ0) is 19.4. The van der Waals surface area contributed by atoms with Crippen molar-refractivity contribution in [2.24, 2.45) is 17.8 Å². The number of halogens is 4. The van der Waals surface area contributed by atoms with Gasteiger partial charge < -0.3 is 0 Å². The molecule has 0 atom stereocenters. The van der Waals surface area contributed by atoms with Crippen LogP contribution in [0.2, 0.25) is 0 Å². The summed E-state index contributed by atoms with van der Waals surface area (Å²) in [6.07, 6.45) is 5.52. The minimum Gasteiger partial charge on any atom is -0.195 e. The normalized spacial score (nSPS) is 30.0. The lowest BCUT2D eigenvalue weighted by atomic mass is 9.68. The molecule has 1 aromatic rings. The van der Waals surface area contributed by atoms with Crippen molar-refractivity contribution in [1.29, 1.82) is 5.26 Å². The lowest BCUT2D eigenvalue weighted by Gasteiger charge is -2.37. The monoisotopic (exact) mass is 379 g/mol. The summed E-state index contributed by atoms with van der Waals surface area (Å²) in [7, 11) is 0. The van der Waals surface area contributed by atoms with Crippen molar-refractivity contribution in [1.82, 2.24) is 0 Å². The quantitative estimate of drug-likeness (QED) is 0.404. The summed E-state index contributed by atoms with van der Waals surface area (Å²) in [5.41, 5.74) is 0.431. The number of hydrogen-bond donors (Lipinski definition) is 0.